The highest BCUT2D eigenvalue weighted by Crippen LogP contribution is 2.25. The third-order valence-electron chi connectivity index (χ3n) is 2.72. The van der Waals surface area contributed by atoms with Gasteiger partial charge in [-0.1, -0.05) is 0 Å². The van der Waals surface area contributed by atoms with Gasteiger partial charge in [-0.3, -0.25) is 0 Å². The highest BCUT2D eigenvalue weighted by molar-refractivity contribution is 5.67. The maximum Gasteiger partial charge on any atom is 0.407 e. The molecule has 1 aromatic carbocycles. The number of nitrogens with one attached hydrogen (secondary N) is 1. The molecule has 1 aromatic rings. The standard InChI is InChI=1S/C16H25FN2O3/c1-10(9-19-15(20)22-16(3,4)5)21-14-7-6-12(17)8-13(14)11(2)18/h6-8,10-11H,9,18H2,1-5H3,(H,19,20). The molecule has 0 bridgehead atoms. The van der Waals surface area contributed by atoms with Crippen LogP contribution >= 0.6 is 0 Å². The van der Waals surface area contributed by atoms with Gasteiger partial charge >= 0.3 is 6.09 Å². The van der Waals surface area contributed by atoms with Crippen molar-refractivity contribution in [2.24, 2.45) is 5.73 Å². The van der Waals surface area contributed by atoms with Crippen molar-refractivity contribution in [3.63, 3.8) is 0 Å². The van der Waals surface area contributed by atoms with Crippen LogP contribution in [0.2, 0.25) is 0 Å². The molecule has 0 aliphatic rings. The molecule has 0 fully saturated rings. The Morgan fingerprint density at radius 1 is 1.36 bits per heavy atom. The summed E-state index contributed by atoms with van der Waals surface area (Å²) in [4.78, 5) is 11.6. The van der Waals surface area contributed by atoms with Crippen LogP contribution in [0.15, 0.2) is 18.2 Å². The highest BCUT2D eigenvalue weighted by Gasteiger charge is 2.17. The minimum Gasteiger partial charge on any atom is -0.489 e. The topological polar surface area (TPSA) is 73.6 Å². The van der Waals surface area contributed by atoms with E-state index in [1.54, 1.807) is 34.6 Å². The Balaban J connectivity index is 2.59. The van der Waals surface area contributed by atoms with Gasteiger partial charge in [0.1, 0.15) is 23.3 Å². The van der Waals surface area contributed by atoms with E-state index in [2.05, 4.69) is 5.32 Å². The summed E-state index contributed by atoms with van der Waals surface area (Å²) in [6, 6.07) is 3.86. The maximum atomic E-state index is 13.3. The van der Waals surface area contributed by atoms with Crippen molar-refractivity contribution in [2.45, 2.75) is 52.4 Å². The SMILES string of the molecule is CC(CNC(=O)OC(C)(C)C)Oc1ccc(F)cc1C(C)N. The summed E-state index contributed by atoms with van der Waals surface area (Å²) < 4.78 is 24.1. The Kier molecular flexibility index (Phi) is 6.17. The average molecular weight is 312 g/mol. The Labute approximate surface area is 131 Å². The lowest BCUT2D eigenvalue weighted by Crippen LogP contribution is -2.37. The first kappa shape index (κ1) is 18.2. The van der Waals surface area contributed by atoms with E-state index in [0.717, 1.165) is 0 Å². The van der Waals surface area contributed by atoms with Crippen molar-refractivity contribution in [1.29, 1.82) is 0 Å². The van der Waals surface area contributed by atoms with Gasteiger partial charge in [0.15, 0.2) is 0 Å². The number of amides is 1. The van der Waals surface area contributed by atoms with E-state index < -0.39 is 11.7 Å². The molecule has 0 radical (unpaired) electrons. The number of hydrogen-bond acceptors (Lipinski definition) is 4. The Hall–Kier alpha value is -1.82. The van der Waals surface area contributed by atoms with Crippen LogP contribution in [0.4, 0.5) is 9.18 Å². The van der Waals surface area contributed by atoms with Gasteiger partial charge in [-0.05, 0) is 52.8 Å². The molecule has 0 aromatic heterocycles. The van der Waals surface area contributed by atoms with Gasteiger partial charge < -0.3 is 20.5 Å². The van der Waals surface area contributed by atoms with Crippen LogP contribution in [0.1, 0.15) is 46.2 Å². The lowest BCUT2D eigenvalue weighted by Gasteiger charge is -2.22. The van der Waals surface area contributed by atoms with E-state index in [1.807, 2.05) is 0 Å². The van der Waals surface area contributed by atoms with Gasteiger partial charge in [0.25, 0.3) is 0 Å². The first-order valence-corrected chi connectivity index (χ1v) is 7.27. The fourth-order valence-corrected chi connectivity index (χ4v) is 1.78. The molecule has 6 heteroatoms. The molecule has 1 rings (SSSR count). The van der Waals surface area contributed by atoms with Gasteiger partial charge in [0.05, 0.1) is 6.54 Å². The fraction of sp³-hybridized carbons (Fsp3) is 0.562. The first-order valence-electron chi connectivity index (χ1n) is 7.27. The summed E-state index contributed by atoms with van der Waals surface area (Å²) in [5, 5.41) is 2.63. The third kappa shape index (κ3) is 6.30. The predicted molar refractivity (Wildman–Crippen MR) is 83.3 cm³/mol. The zero-order valence-corrected chi connectivity index (χ0v) is 13.8. The van der Waals surface area contributed by atoms with Gasteiger partial charge in [0, 0.05) is 11.6 Å². The normalized spacial score (nSPS) is 14.1. The van der Waals surface area contributed by atoms with Crippen LogP contribution < -0.4 is 15.8 Å². The van der Waals surface area contributed by atoms with Crippen molar-refractivity contribution in [1.82, 2.24) is 5.32 Å². The van der Waals surface area contributed by atoms with Gasteiger partial charge in [-0.2, -0.15) is 0 Å². The molecule has 3 N–H and O–H groups in total. The molecule has 0 spiro atoms. The molecule has 0 aliphatic carbocycles. The summed E-state index contributed by atoms with van der Waals surface area (Å²) >= 11 is 0. The zero-order valence-electron chi connectivity index (χ0n) is 13.8. The third-order valence-corrected chi connectivity index (χ3v) is 2.72. The number of nitrogens with two attached hydrogens (primary N) is 1. The van der Waals surface area contributed by atoms with Crippen LogP contribution in [-0.4, -0.2) is 24.3 Å². The summed E-state index contributed by atoms with van der Waals surface area (Å²) in [6.07, 6.45) is -0.815. The molecule has 0 saturated heterocycles. The van der Waals surface area contributed by atoms with E-state index in [1.165, 1.54) is 18.2 Å². The monoisotopic (exact) mass is 312 g/mol. The van der Waals surface area contributed by atoms with Crippen molar-refractivity contribution in [2.75, 3.05) is 6.54 Å². The molecule has 1 amide bonds. The number of hydrogen-bond donors (Lipinski definition) is 2. The maximum absolute atomic E-state index is 13.3. The predicted octanol–water partition coefficient (Wildman–Crippen LogP) is 3.14. The van der Waals surface area contributed by atoms with Crippen molar-refractivity contribution in [3.05, 3.63) is 29.6 Å². The first-order chi connectivity index (χ1) is 10.1. The largest absolute Gasteiger partial charge is 0.489 e. The average Bonchev–Trinajstić information content (AvgIpc) is 2.36. The number of carbonyl (C=O) groups excluding carboxylic acids is 1. The van der Waals surface area contributed by atoms with Gasteiger partial charge in [0.2, 0.25) is 0 Å². The van der Waals surface area contributed by atoms with Gasteiger partial charge in [-0.25, -0.2) is 9.18 Å². The number of halogens is 1. The zero-order chi connectivity index (χ0) is 16.9. The molecule has 0 aliphatic heterocycles. The second-order valence-electron chi connectivity index (χ2n) is 6.28. The van der Waals surface area contributed by atoms with Crippen molar-refractivity contribution < 1.29 is 18.7 Å². The van der Waals surface area contributed by atoms with E-state index in [0.29, 0.717) is 11.3 Å². The minimum atomic E-state index is -0.548. The van der Waals surface area contributed by atoms with Crippen LogP contribution in [0, 0.1) is 5.82 Å². The lowest BCUT2D eigenvalue weighted by molar-refractivity contribution is 0.0504. The quantitative estimate of drug-likeness (QED) is 0.876. The van der Waals surface area contributed by atoms with Gasteiger partial charge in [-0.15, -0.1) is 0 Å². The van der Waals surface area contributed by atoms with E-state index in [9.17, 15) is 9.18 Å². The molecular weight excluding hydrogens is 287 g/mol. The van der Waals surface area contributed by atoms with Crippen LogP contribution in [0.25, 0.3) is 0 Å². The molecular formula is C16H25FN2O3. The molecule has 0 heterocycles. The van der Waals surface area contributed by atoms with Crippen LogP contribution in [0.5, 0.6) is 5.75 Å². The number of benzene rings is 1. The second kappa shape index (κ2) is 7.45. The van der Waals surface area contributed by atoms with E-state index in [4.69, 9.17) is 15.2 Å². The molecule has 22 heavy (non-hydrogen) atoms. The van der Waals surface area contributed by atoms with Crippen LogP contribution in [-0.2, 0) is 4.74 Å². The van der Waals surface area contributed by atoms with Crippen molar-refractivity contribution >= 4 is 6.09 Å². The molecule has 2 unspecified atom stereocenters. The number of alkyl carbamates (subject to hydrolysis) is 1. The molecule has 5 nitrogen and oxygen atoms in total. The summed E-state index contributed by atoms with van der Waals surface area (Å²) in [6.45, 7) is 9.20. The van der Waals surface area contributed by atoms with E-state index in [-0.39, 0.29) is 24.5 Å². The summed E-state index contributed by atoms with van der Waals surface area (Å²) in [5.74, 6) is 0.147. The van der Waals surface area contributed by atoms with E-state index >= 15 is 0 Å². The second-order valence-corrected chi connectivity index (χ2v) is 6.28. The van der Waals surface area contributed by atoms with Crippen molar-refractivity contribution in [3.8, 4) is 5.75 Å². The minimum absolute atomic E-state index is 0.269. The Morgan fingerprint density at radius 2 is 2.00 bits per heavy atom. The molecule has 0 saturated carbocycles. The Bertz CT molecular complexity index is 513. The summed E-state index contributed by atoms with van der Waals surface area (Å²) in [7, 11) is 0. The summed E-state index contributed by atoms with van der Waals surface area (Å²) in [5.41, 5.74) is 5.85. The molecule has 124 valence electrons. The fourth-order valence-electron chi connectivity index (χ4n) is 1.78. The van der Waals surface area contributed by atoms with Crippen LogP contribution in [0.3, 0.4) is 0 Å². The number of carbonyl (C=O) groups is 1. The smallest absolute Gasteiger partial charge is 0.407 e. The lowest BCUT2D eigenvalue weighted by atomic mass is 10.1. The Morgan fingerprint density at radius 3 is 2.55 bits per heavy atom. The highest BCUT2D eigenvalue weighted by atomic mass is 19.1. The number of rotatable bonds is 5. The number of ether oxygens (including phenoxy) is 2. The molecule has 2 atom stereocenters.